The van der Waals surface area contributed by atoms with Crippen LogP contribution in [-0.2, 0) is 0 Å². The van der Waals surface area contributed by atoms with Crippen LogP contribution in [-0.4, -0.2) is 16.5 Å². The highest BCUT2D eigenvalue weighted by molar-refractivity contribution is 9.10. The maximum Gasteiger partial charge on any atom is 0.133 e. The van der Waals surface area contributed by atoms with Crippen LogP contribution < -0.4 is 5.73 Å². The van der Waals surface area contributed by atoms with E-state index >= 15 is 0 Å². The molecule has 0 bridgehead atoms. The Morgan fingerprint density at radius 3 is 2.78 bits per heavy atom. The van der Waals surface area contributed by atoms with Crippen LogP contribution in [0, 0.1) is 5.92 Å². The molecule has 0 fully saturated rings. The first-order chi connectivity index (χ1) is 8.61. The Kier molecular flexibility index (Phi) is 4.48. The number of hydrogen-bond donors (Lipinski definition) is 1. The van der Waals surface area contributed by atoms with E-state index in [4.69, 9.17) is 5.73 Å². The van der Waals surface area contributed by atoms with Crippen molar-refractivity contribution in [3.05, 3.63) is 34.0 Å². The summed E-state index contributed by atoms with van der Waals surface area (Å²) in [6, 6.07) is 4.01. The van der Waals surface area contributed by atoms with Crippen molar-refractivity contribution in [3.63, 3.8) is 0 Å². The number of nitrogens with two attached hydrogens (primary N) is 1. The van der Waals surface area contributed by atoms with Gasteiger partial charge in [0.1, 0.15) is 5.82 Å². The van der Waals surface area contributed by atoms with Crippen molar-refractivity contribution < 1.29 is 0 Å². The molecule has 5 heteroatoms. The van der Waals surface area contributed by atoms with Crippen molar-refractivity contribution in [2.24, 2.45) is 11.7 Å². The first-order valence-corrected chi connectivity index (χ1v) is 7.56. The van der Waals surface area contributed by atoms with Gasteiger partial charge in [-0.25, -0.2) is 9.97 Å². The molecule has 2 N–H and O–H groups in total. The molecule has 0 spiro atoms. The third-order valence-electron chi connectivity index (χ3n) is 2.88. The molecule has 3 nitrogen and oxygen atoms in total. The smallest absolute Gasteiger partial charge is 0.133 e. The number of halogens is 1. The summed E-state index contributed by atoms with van der Waals surface area (Å²) >= 11 is 5.13. The van der Waals surface area contributed by atoms with Gasteiger partial charge >= 0.3 is 0 Å². The SMILES string of the molecule is CC(C)C(CN)c1nccc(-c2cc(Br)cs2)n1. The van der Waals surface area contributed by atoms with Gasteiger partial charge in [-0.05, 0) is 34.0 Å². The van der Waals surface area contributed by atoms with Crippen LogP contribution in [0.4, 0.5) is 0 Å². The summed E-state index contributed by atoms with van der Waals surface area (Å²) in [4.78, 5) is 10.2. The van der Waals surface area contributed by atoms with E-state index in [1.807, 2.05) is 12.3 Å². The van der Waals surface area contributed by atoms with Gasteiger partial charge in [0, 0.05) is 28.5 Å². The molecule has 2 heterocycles. The molecule has 2 aromatic rings. The van der Waals surface area contributed by atoms with Gasteiger partial charge in [-0.2, -0.15) is 0 Å². The third-order valence-corrected chi connectivity index (χ3v) is 4.60. The van der Waals surface area contributed by atoms with Gasteiger partial charge in [-0.3, -0.25) is 0 Å². The monoisotopic (exact) mass is 325 g/mol. The number of hydrogen-bond acceptors (Lipinski definition) is 4. The van der Waals surface area contributed by atoms with Gasteiger partial charge in [0.15, 0.2) is 0 Å². The van der Waals surface area contributed by atoms with Crippen molar-refractivity contribution in [2.75, 3.05) is 6.54 Å². The van der Waals surface area contributed by atoms with Gasteiger partial charge in [0.05, 0.1) is 10.6 Å². The van der Waals surface area contributed by atoms with Gasteiger partial charge in [0.2, 0.25) is 0 Å². The Hall–Kier alpha value is -0.780. The van der Waals surface area contributed by atoms with E-state index in [9.17, 15) is 0 Å². The fourth-order valence-electron chi connectivity index (χ4n) is 1.81. The molecule has 0 radical (unpaired) electrons. The lowest BCUT2D eigenvalue weighted by atomic mass is 9.95. The van der Waals surface area contributed by atoms with Gasteiger partial charge < -0.3 is 5.73 Å². The molecular weight excluding hydrogens is 310 g/mol. The minimum atomic E-state index is 0.216. The summed E-state index contributed by atoms with van der Waals surface area (Å²) in [5, 5.41) is 2.06. The summed E-state index contributed by atoms with van der Waals surface area (Å²) < 4.78 is 1.09. The molecule has 0 aliphatic carbocycles. The van der Waals surface area contributed by atoms with Crippen LogP contribution in [0.3, 0.4) is 0 Å². The number of thiophene rings is 1. The fraction of sp³-hybridized carbons (Fsp3) is 0.385. The van der Waals surface area contributed by atoms with E-state index in [0.717, 1.165) is 20.9 Å². The molecule has 0 aromatic carbocycles. The molecule has 1 unspecified atom stereocenters. The van der Waals surface area contributed by atoms with Crippen molar-refractivity contribution in [2.45, 2.75) is 19.8 Å². The lowest BCUT2D eigenvalue weighted by molar-refractivity contribution is 0.484. The molecule has 0 aliphatic rings. The predicted molar refractivity (Wildman–Crippen MR) is 79.7 cm³/mol. The third kappa shape index (κ3) is 2.96. The second-order valence-electron chi connectivity index (χ2n) is 4.52. The number of nitrogens with zero attached hydrogens (tertiary/aromatic N) is 2. The highest BCUT2D eigenvalue weighted by Crippen LogP contribution is 2.29. The second-order valence-corrected chi connectivity index (χ2v) is 6.34. The first-order valence-electron chi connectivity index (χ1n) is 5.89. The van der Waals surface area contributed by atoms with E-state index in [-0.39, 0.29) is 5.92 Å². The van der Waals surface area contributed by atoms with Crippen LogP contribution >= 0.6 is 27.3 Å². The summed E-state index contributed by atoms with van der Waals surface area (Å²) in [5.74, 6) is 1.50. The quantitative estimate of drug-likeness (QED) is 0.933. The van der Waals surface area contributed by atoms with E-state index in [1.165, 1.54) is 0 Å². The molecule has 18 heavy (non-hydrogen) atoms. The van der Waals surface area contributed by atoms with E-state index in [1.54, 1.807) is 11.3 Å². The molecular formula is C13H16BrN3S. The van der Waals surface area contributed by atoms with Crippen molar-refractivity contribution in [3.8, 4) is 10.6 Å². The Morgan fingerprint density at radius 1 is 1.44 bits per heavy atom. The van der Waals surface area contributed by atoms with E-state index in [0.29, 0.717) is 12.5 Å². The predicted octanol–water partition coefficient (Wildman–Crippen LogP) is 3.67. The summed E-state index contributed by atoms with van der Waals surface area (Å²) in [6.07, 6.45) is 1.82. The van der Waals surface area contributed by atoms with Gasteiger partial charge in [-0.1, -0.05) is 13.8 Å². The Balaban J connectivity index is 2.35. The summed E-state index contributed by atoms with van der Waals surface area (Å²) in [5.41, 5.74) is 6.78. The largest absolute Gasteiger partial charge is 0.330 e. The number of rotatable bonds is 4. The maximum absolute atomic E-state index is 5.81. The zero-order valence-corrected chi connectivity index (χ0v) is 12.8. The van der Waals surface area contributed by atoms with Crippen LogP contribution in [0.15, 0.2) is 28.2 Å². The molecule has 96 valence electrons. The highest BCUT2D eigenvalue weighted by Gasteiger charge is 2.17. The maximum atomic E-state index is 5.81. The lowest BCUT2D eigenvalue weighted by Gasteiger charge is -2.17. The normalized spacial score (nSPS) is 12.9. The second kappa shape index (κ2) is 5.91. The van der Waals surface area contributed by atoms with Crippen molar-refractivity contribution in [1.29, 1.82) is 0 Å². The van der Waals surface area contributed by atoms with Crippen LogP contribution in [0.2, 0.25) is 0 Å². The van der Waals surface area contributed by atoms with Gasteiger partial charge in [-0.15, -0.1) is 11.3 Å². The van der Waals surface area contributed by atoms with Crippen LogP contribution in [0.25, 0.3) is 10.6 Å². The Bertz CT molecular complexity index is 524. The first kappa shape index (κ1) is 13.6. The topological polar surface area (TPSA) is 51.8 Å². The standard InChI is InChI=1S/C13H16BrN3S/c1-8(2)10(6-15)13-16-4-3-11(17-13)12-5-9(14)7-18-12/h3-5,7-8,10H,6,15H2,1-2H3. The molecule has 2 rings (SSSR count). The fourth-order valence-corrected chi connectivity index (χ4v) is 3.21. The van der Waals surface area contributed by atoms with Crippen molar-refractivity contribution >= 4 is 27.3 Å². The number of aromatic nitrogens is 2. The molecule has 2 aromatic heterocycles. The highest BCUT2D eigenvalue weighted by atomic mass is 79.9. The molecule has 0 saturated carbocycles. The van der Waals surface area contributed by atoms with Crippen LogP contribution in [0.5, 0.6) is 0 Å². The van der Waals surface area contributed by atoms with Crippen molar-refractivity contribution in [1.82, 2.24) is 9.97 Å². The summed E-state index contributed by atoms with van der Waals surface area (Å²) in [7, 11) is 0. The lowest BCUT2D eigenvalue weighted by Crippen LogP contribution is -2.20. The Labute approximate surface area is 120 Å². The summed E-state index contributed by atoms with van der Waals surface area (Å²) in [6.45, 7) is 4.87. The van der Waals surface area contributed by atoms with E-state index < -0.39 is 0 Å². The zero-order valence-electron chi connectivity index (χ0n) is 10.4. The van der Waals surface area contributed by atoms with Crippen LogP contribution in [0.1, 0.15) is 25.6 Å². The van der Waals surface area contributed by atoms with Gasteiger partial charge in [0.25, 0.3) is 0 Å². The molecule has 1 atom stereocenters. The molecule has 0 amide bonds. The molecule has 0 saturated heterocycles. The Morgan fingerprint density at radius 2 is 2.22 bits per heavy atom. The van der Waals surface area contributed by atoms with E-state index in [2.05, 4.69) is 51.2 Å². The average molecular weight is 326 g/mol. The minimum absolute atomic E-state index is 0.216. The average Bonchev–Trinajstić information content (AvgIpc) is 2.77. The molecule has 0 aliphatic heterocycles. The minimum Gasteiger partial charge on any atom is -0.330 e. The zero-order chi connectivity index (χ0) is 13.1.